The van der Waals surface area contributed by atoms with Crippen LogP contribution in [0, 0.1) is 6.92 Å². The van der Waals surface area contributed by atoms with E-state index in [4.69, 9.17) is 0 Å². The van der Waals surface area contributed by atoms with Crippen molar-refractivity contribution in [1.82, 2.24) is 10.3 Å². The topological polar surface area (TPSA) is 54.0 Å². The minimum Gasteiger partial charge on any atom is -0.386 e. The normalized spacial score (nSPS) is 10.1. The molecule has 2 aromatic heterocycles. The van der Waals surface area contributed by atoms with Gasteiger partial charge in [-0.1, -0.05) is 0 Å². The highest BCUT2D eigenvalue weighted by atomic mass is 32.1. The maximum absolute atomic E-state index is 12.0. The summed E-state index contributed by atoms with van der Waals surface area (Å²) in [4.78, 5) is 18.4. The van der Waals surface area contributed by atoms with Crippen molar-refractivity contribution in [2.45, 2.75) is 13.5 Å². The highest BCUT2D eigenvalue weighted by Crippen LogP contribution is 2.16. The Kier molecular flexibility index (Phi) is 3.94. The van der Waals surface area contributed by atoms with Crippen LogP contribution in [-0.4, -0.2) is 17.9 Å². The fourth-order valence-electron chi connectivity index (χ4n) is 1.63. The predicted molar refractivity (Wildman–Crippen MR) is 74.0 cm³/mol. The molecule has 5 heteroatoms. The van der Waals surface area contributed by atoms with Crippen LogP contribution in [0.4, 0.5) is 5.69 Å². The Balaban J connectivity index is 2.03. The molecule has 0 aliphatic heterocycles. The van der Waals surface area contributed by atoms with E-state index in [-0.39, 0.29) is 5.91 Å². The standard InChI is InChI=1S/C13H15N3OS/c1-9-3-4-10(18-9)7-16-13(17)11-5-6-15-8-12(11)14-2/h3-6,8,14H,7H2,1-2H3,(H,16,17). The Morgan fingerprint density at radius 3 is 2.89 bits per heavy atom. The summed E-state index contributed by atoms with van der Waals surface area (Å²) in [6.45, 7) is 2.61. The molecule has 0 aliphatic carbocycles. The van der Waals surface area contributed by atoms with Gasteiger partial charge in [0.2, 0.25) is 0 Å². The van der Waals surface area contributed by atoms with Crippen LogP contribution in [0.2, 0.25) is 0 Å². The van der Waals surface area contributed by atoms with E-state index in [0.717, 1.165) is 10.6 Å². The summed E-state index contributed by atoms with van der Waals surface area (Å²) >= 11 is 1.69. The zero-order valence-corrected chi connectivity index (χ0v) is 11.2. The molecule has 2 aromatic rings. The summed E-state index contributed by atoms with van der Waals surface area (Å²) < 4.78 is 0. The Labute approximate surface area is 110 Å². The highest BCUT2D eigenvalue weighted by molar-refractivity contribution is 7.11. The van der Waals surface area contributed by atoms with Gasteiger partial charge in [-0.2, -0.15) is 0 Å². The first-order valence-electron chi connectivity index (χ1n) is 5.66. The predicted octanol–water partition coefficient (Wildman–Crippen LogP) is 2.42. The minimum atomic E-state index is -0.0900. The number of amides is 1. The molecule has 1 amide bonds. The molecule has 2 heterocycles. The van der Waals surface area contributed by atoms with E-state index >= 15 is 0 Å². The number of hydrogen-bond acceptors (Lipinski definition) is 4. The second-order valence-electron chi connectivity index (χ2n) is 3.87. The molecule has 0 atom stereocenters. The molecule has 0 fully saturated rings. The third-order valence-electron chi connectivity index (χ3n) is 2.55. The zero-order valence-electron chi connectivity index (χ0n) is 10.4. The summed E-state index contributed by atoms with van der Waals surface area (Å²) in [6, 6.07) is 5.80. The maximum Gasteiger partial charge on any atom is 0.253 e. The van der Waals surface area contributed by atoms with Gasteiger partial charge in [-0.05, 0) is 25.1 Å². The van der Waals surface area contributed by atoms with Crippen LogP contribution in [0.1, 0.15) is 20.1 Å². The van der Waals surface area contributed by atoms with Gasteiger partial charge in [0.1, 0.15) is 0 Å². The van der Waals surface area contributed by atoms with Crippen molar-refractivity contribution in [1.29, 1.82) is 0 Å². The lowest BCUT2D eigenvalue weighted by Crippen LogP contribution is -2.23. The highest BCUT2D eigenvalue weighted by Gasteiger charge is 2.10. The molecule has 0 aliphatic rings. The minimum absolute atomic E-state index is 0.0900. The second-order valence-corrected chi connectivity index (χ2v) is 5.24. The molecule has 18 heavy (non-hydrogen) atoms. The zero-order chi connectivity index (χ0) is 13.0. The Bertz CT molecular complexity index is 551. The largest absolute Gasteiger partial charge is 0.386 e. The van der Waals surface area contributed by atoms with Gasteiger partial charge in [0.25, 0.3) is 5.91 Å². The monoisotopic (exact) mass is 261 g/mol. The van der Waals surface area contributed by atoms with Crippen molar-refractivity contribution in [3.05, 3.63) is 45.9 Å². The average molecular weight is 261 g/mol. The van der Waals surface area contributed by atoms with E-state index in [1.54, 1.807) is 36.8 Å². The molecule has 2 N–H and O–H groups in total. The van der Waals surface area contributed by atoms with Crippen LogP contribution in [0.3, 0.4) is 0 Å². The van der Waals surface area contributed by atoms with Crippen molar-refractivity contribution in [3.63, 3.8) is 0 Å². The molecule has 0 saturated carbocycles. The van der Waals surface area contributed by atoms with Gasteiger partial charge < -0.3 is 10.6 Å². The molecule has 0 saturated heterocycles. The molecule has 0 aromatic carbocycles. The number of rotatable bonds is 4. The van der Waals surface area contributed by atoms with Crippen LogP contribution in [-0.2, 0) is 6.54 Å². The average Bonchev–Trinajstić information content (AvgIpc) is 2.81. The van der Waals surface area contributed by atoms with Crippen molar-refractivity contribution in [2.75, 3.05) is 12.4 Å². The van der Waals surface area contributed by atoms with Crippen LogP contribution in [0.5, 0.6) is 0 Å². The van der Waals surface area contributed by atoms with Gasteiger partial charge >= 0.3 is 0 Å². The fraction of sp³-hybridized carbons (Fsp3) is 0.231. The van der Waals surface area contributed by atoms with Gasteiger partial charge in [-0.3, -0.25) is 9.78 Å². The molecule has 4 nitrogen and oxygen atoms in total. The maximum atomic E-state index is 12.0. The van der Waals surface area contributed by atoms with Crippen LogP contribution in [0.25, 0.3) is 0 Å². The van der Waals surface area contributed by atoms with Gasteiger partial charge in [0.15, 0.2) is 0 Å². The van der Waals surface area contributed by atoms with E-state index in [1.807, 2.05) is 6.07 Å². The number of hydrogen-bond donors (Lipinski definition) is 2. The van der Waals surface area contributed by atoms with E-state index in [0.29, 0.717) is 12.1 Å². The summed E-state index contributed by atoms with van der Waals surface area (Å²) in [5.41, 5.74) is 1.35. The Morgan fingerprint density at radius 1 is 1.39 bits per heavy atom. The summed E-state index contributed by atoms with van der Waals surface area (Å²) in [7, 11) is 1.77. The smallest absolute Gasteiger partial charge is 0.253 e. The Hall–Kier alpha value is -1.88. The number of aromatic nitrogens is 1. The number of carbonyl (C=O) groups is 1. The van der Waals surface area contributed by atoms with E-state index < -0.39 is 0 Å². The third kappa shape index (κ3) is 2.87. The first-order chi connectivity index (χ1) is 8.70. The van der Waals surface area contributed by atoms with Gasteiger partial charge in [0, 0.05) is 23.0 Å². The second kappa shape index (κ2) is 5.64. The van der Waals surface area contributed by atoms with Crippen molar-refractivity contribution in [3.8, 4) is 0 Å². The first-order valence-corrected chi connectivity index (χ1v) is 6.47. The number of thiophene rings is 1. The number of nitrogens with zero attached hydrogens (tertiary/aromatic N) is 1. The van der Waals surface area contributed by atoms with Crippen molar-refractivity contribution >= 4 is 22.9 Å². The van der Waals surface area contributed by atoms with E-state index in [9.17, 15) is 4.79 Å². The molecule has 2 rings (SSSR count). The van der Waals surface area contributed by atoms with Crippen molar-refractivity contribution in [2.24, 2.45) is 0 Å². The molecule has 94 valence electrons. The summed E-state index contributed by atoms with van der Waals surface area (Å²) in [5.74, 6) is -0.0900. The first kappa shape index (κ1) is 12.6. The number of pyridine rings is 1. The number of nitrogens with one attached hydrogen (secondary N) is 2. The van der Waals surface area contributed by atoms with Crippen LogP contribution in [0.15, 0.2) is 30.6 Å². The molecule has 0 bridgehead atoms. The van der Waals surface area contributed by atoms with Gasteiger partial charge in [-0.15, -0.1) is 11.3 Å². The van der Waals surface area contributed by atoms with Crippen LogP contribution < -0.4 is 10.6 Å². The lowest BCUT2D eigenvalue weighted by atomic mass is 10.2. The number of aryl methyl sites for hydroxylation is 1. The molecular weight excluding hydrogens is 246 g/mol. The van der Waals surface area contributed by atoms with Crippen molar-refractivity contribution < 1.29 is 4.79 Å². The quantitative estimate of drug-likeness (QED) is 0.888. The molecule has 0 unspecified atom stereocenters. The van der Waals surface area contributed by atoms with Gasteiger partial charge in [-0.25, -0.2) is 0 Å². The molecule has 0 radical (unpaired) electrons. The lowest BCUT2D eigenvalue weighted by Gasteiger charge is -2.08. The van der Waals surface area contributed by atoms with E-state index in [2.05, 4.69) is 28.6 Å². The van der Waals surface area contributed by atoms with E-state index in [1.165, 1.54) is 4.88 Å². The van der Waals surface area contributed by atoms with Crippen LogP contribution >= 0.6 is 11.3 Å². The lowest BCUT2D eigenvalue weighted by molar-refractivity contribution is 0.0952. The third-order valence-corrected chi connectivity index (χ3v) is 3.55. The number of carbonyl (C=O) groups excluding carboxylic acids is 1. The number of anilines is 1. The summed E-state index contributed by atoms with van der Waals surface area (Å²) in [6.07, 6.45) is 3.26. The Morgan fingerprint density at radius 2 is 2.22 bits per heavy atom. The SMILES string of the molecule is CNc1cnccc1C(=O)NCc1ccc(C)s1. The van der Waals surface area contributed by atoms with Gasteiger partial charge in [0.05, 0.1) is 24.0 Å². The molecular formula is C13H15N3OS. The molecule has 0 spiro atoms. The fourth-order valence-corrected chi connectivity index (χ4v) is 2.46. The summed E-state index contributed by atoms with van der Waals surface area (Å²) in [5, 5.41) is 5.87.